The highest BCUT2D eigenvalue weighted by atomic mass is 32.2. The minimum atomic E-state index is -4.06. The number of ether oxygens (including phenoxy) is 3. The summed E-state index contributed by atoms with van der Waals surface area (Å²) in [6, 6.07) is 37.1. The molecule has 1 heterocycles. The van der Waals surface area contributed by atoms with Crippen LogP contribution in [0.15, 0.2) is 121 Å². The summed E-state index contributed by atoms with van der Waals surface area (Å²) < 4.78 is 50.0. The first-order valence-electron chi connectivity index (χ1n) is 14.6. The number of carbonyl (C=O) groups excluding carboxylic acids is 1. The van der Waals surface area contributed by atoms with Gasteiger partial charge in [-0.05, 0) is 22.3 Å². The van der Waals surface area contributed by atoms with Crippen LogP contribution in [0.25, 0.3) is 0 Å². The van der Waals surface area contributed by atoms with Gasteiger partial charge < -0.3 is 24.6 Å². The highest BCUT2D eigenvalue weighted by Crippen LogP contribution is 2.41. The summed E-state index contributed by atoms with van der Waals surface area (Å²) in [4.78, 5) is 12.2. The van der Waals surface area contributed by atoms with E-state index in [1.807, 2.05) is 121 Å². The highest BCUT2D eigenvalue weighted by Gasteiger charge is 2.50. The van der Waals surface area contributed by atoms with Crippen LogP contribution in [0.3, 0.4) is 0 Å². The van der Waals surface area contributed by atoms with Gasteiger partial charge >= 0.3 is 0 Å². The number of hydrogen-bond donors (Lipinski definition) is 2. The van der Waals surface area contributed by atoms with E-state index >= 15 is 0 Å². The van der Waals surface area contributed by atoms with Gasteiger partial charge in [-0.25, -0.2) is 0 Å². The first-order valence-corrected chi connectivity index (χ1v) is 16.4. The number of carbonyl (C=O) groups is 1. The van der Waals surface area contributed by atoms with Gasteiger partial charge in [-0.2, -0.15) is 8.42 Å². The van der Waals surface area contributed by atoms with E-state index in [1.165, 1.54) is 6.92 Å². The first kappa shape index (κ1) is 32.5. The van der Waals surface area contributed by atoms with Crippen molar-refractivity contribution in [2.45, 2.75) is 49.8 Å². The van der Waals surface area contributed by atoms with Gasteiger partial charge in [-0.15, -0.1) is 0 Å². The minimum absolute atomic E-state index is 0.0630. The van der Waals surface area contributed by atoms with Crippen molar-refractivity contribution < 1.29 is 36.7 Å². The largest absolute Gasteiger partial charge is 0.368 e. The Morgan fingerprint density at radius 2 is 1.27 bits per heavy atom. The molecule has 5 rings (SSSR count). The van der Waals surface area contributed by atoms with E-state index in [0.29, 0.717) is 0 Å². The highest BCUT2D eigenvalue weighted by molar-refractivity contribution is 7.86. The molecule has 0 radical (unpaired) electrons. The molecule has 0 bridgehead atoms. The number of hydrogen-bond acceptors (Lipinski definition) is 8. The number of aliphatic hydroxyl groups excluding tert-OH is 1. The predicted octanol–water partition coefficient (Wildman–Crippen LogP) is 4.15. The molecule has 10 heteroatoms. The number of nitrogens with one attached hydrogen (secondary N) is 1. The Labute approximate surface area is 263 Å². The molecule has 1 aliphatic rings. The Morgan fingerprint density at radius 1 is 0.800 bits per heavy atom. The van der Waals surface area contributed by atoms with Gasteiger partial charge in [0.25, 0.3) is 10.1 Å². The van der Waals surface area contributed by atoms with E-state index in [-0.39, 0.29) is 13.2 Å². The van der Waals surface area contributed by atoms with Crippen LogP contribution in [0, 0.1) is 0 Å². The first-order chi connectivity index (χ1) is 21.7. The molecule has 1 saturated heterocycles. The van der Waals surface area contributed by atoms with Gasteiger partial charge in [0, 0.05) is 6.92 Å². The summed E-state index contributed by atoms with van der Waals surface area (Å²) in [5.74, 6) is -0.458. The van der Waals surface area contributed by atoms with E-state index in [0.717, 1.165) is 28.5 Å². The monoisotopic (exact) mass is 631 g/mol. The number of rotatable bonds is 12. The molecule has 1 amide bonds. The van der Waals surface area contributed by atoms with Crippen molar-refractivity contribution in [3.63, 3.8) is 0 Å². The van der Waals surface area contributed by atoms with Crippen molar-refractivity contribution >= 4 is 16.0 Å². The van der Waals surface area contributed by atoms with Crippen LogP contribution < -0.4 is 5.32 Å². The summed E-state index contributed by atoms with van der Waals surface area (Å²) in [6.07, 6.45) is -4.16. The lowest BCUT2D eigenvalue weighted by Gasteiger charge is -2.45. The van der Waals surface area contributed by atoms with Gasteiger partial charge in [-0.1, -0.05) is 121 Å². The molecule has 4 aromatic carbocycles. The lowest BCUT2D eigenvalue weighted by molar-refractivity contribution is -0.264. The fourth-order valence-electron chi connectivity index (χ4n) is 5.70. The van der Waals surface area contributed by atoms with Gasteiger partial charge in [0.1, 0.15) is 30.0 Å². The summed E-state index contributed by atoms with van der Waals surface area (Å²) >= 11 is 0. The molecule has 4 aromatic rings. The van der Waals surface area contributed by atoms with E-state index in [4.69, 9.17) is 18.4 Å². The average Bonchev–Trinajstić information content (AvgIpc) is 3.04. The molecule has 0 spiro atoms. The third-order valence-electron chi connectivity index (χ3n) is 7.61. The van der Waals surface area contributed by atoms with Crippen molar-refractivity contribution in [2.75, 3.05) is 12.9 Å². The maximum atomic E-state index is 12.6. The third-order valence-corrected chi connectivity index (χ3v) is 8.18. The zero-order valence-corrected chi connectivity index (χ0v) is 25.9. The van der Waals surface area contributed by atoms with Gasteiger partial charge in [-0.3, -0.25) is 8.98 Å². The summed E-state index contributed by atoms with van der Waals surface area (Å²) in [6.45, 7) is 1.14. The Hall–Kier alpha value is -3.90. The quantitative estimate of drug-likeness (QED) is 0.177. The second kappa shape index (κ2) is 14.5. The maximum Gasteiger partial charge on any atom is 0.264 e. The van der Waals surface area contributed by atoms with Crippen LogP contribution in [0.4, 0.5) is 0 Å². The lowest BCUT2D eigenvalue weighted by Crippen LogP contribution is -2.65. The SMILES string of the molecule is CC(=O)NC1C(O)OC(COC(c2ccccc2)(c2ccccc2)c2ccccc2)C(OS(C)(=O)=O)C1OCc1ccccc1. The molecule has 5 atom stereocenters. The van der Waals surface area contributed by atoms with E-state index < -0.39 is 52.3 Å². The fraction of sp³-hybridized carbons (Fsp3) is 0.286. The van der Waals surface area contributed by atoms with E-state index in [9.17, 15) is 18.3 Å². The third kappa shape index (κ3) is 7.85. The summed E-state index contributed by atoms with van der Waals surface area (Å²) in [5.41, 5.74) is 2.14. The van der Waals surface area contributed by atoms with Gasteiger partial charge in [0.15, 0.2) is 6.29 Å². The predicted molar refractivity (Wildman–Crippen MR) is 168 cm³/mol. The Balaban J connectivity index is 1.56. The average molecular weight is 632 g/mol. The molecular weight excluding hydrogens is 594 g/mol. The minimum Gasteiger partial charge on any atom is -0.368 e. The topological polar surface area (TPSA) is 120 Å². The molecule has 5 unspecified atom stereocenters. The van der Waals surface area contributed by atoms with Crippen molar-refractivity contribution in [1.29, 1.82) is 0 Å². The molecule has 0 saturated carbocycles. The van der Waals surface area contributed by atoms with Gasteiger partial charge in [0.2, 0.25) is 5.91 Å². The normalized spacial score (nSPS) is 22.1. The maximum absolute atomic E-state index is 12.6. The second-order valence-corrected chi connectivity index (χ2v) is 12.5. The smallest absolute Gasteiger partial charge is 0.264 e. The van der Waals surface area contributed by atoms with E-state index in [2.05, 4.69) is 5.32 Å². The number of aliphatic hydroxyl groups is 1. The Bertz CT molecular complexity index is 1530. The molecule has 2 N–H and O–H groups in total. The summed E-state index contributed by atoms with van der Waals surface area (Å²) in [7, 11) is -4.06. The van der Waals surface area contributed by atoms with Crippen molar-refractivity contribution in [2.24, 2.45) is 0 Å². The molecule has 0 aliphatic carbocycles. The van der Waals surface area contributed by atoms with Crippen LogP contribution in [0.5, 0.6) is 0 Å². The molecule has 45 heavy (non-hydrogen) atoms. The van der Waals surface area contributed by atoms with Crippen LogP contribution in [-0.2, 0) is 45.5 Å². The van der Waals surface area contributed by atoms with Crippen molar-refractivity contribution in [3.8, 4) is 0 Å². The van der Waals surface area contributed by atoms with Gasteiger partial charge in [0.05, 0.1) is 19.5 Å². The number of amides is 1. The zero-order chi connectivity index (χ0) is 31.9. The standard InChI is InChI=1S/C35H37NO8S/c1-25(37)36-31-33(41-23-26-15-7-3-8-16-26)32(44-45(2,39)40)30(43-34(31)38)24-42-35(27-17-9-4-10-18-27,28-19-11-5-12-20-28)29-21-13-6-14-22-29/h3-22,30-34,38H,23-24H2,1-2H3,(H,36,37). The van der Waals surface area contributed by atoms with Crippen LogP contribution in [-0.4, -0.2) is 62.9 Å². The van der Waals surface area contributed by atoms with Crippen LogP contribution in [0.1, 0.15) is 29.2 Å². The van der Waals surface area contributed by atoms with Crippen molar-refractivity contribution in [1.82, 2.24) is 5.32 Å². The number of benzene rings is 4. The molecule has 9 nitrogen and oxygen atoms in total. The Morgan fingerprint density at radius 3 is 1.71 bits per heavy atom. The summed E-state index contributed by atoms with van der Waals surface area (Å²) in [5, 5.41) is 13.8. The Kier molecular flexibility index (Phi) is 10.4. The molecular formula is C35H37NO8S. The molecule has 1 fully saturated rings. The zero-order valence-electron chi connectivity index (χ0n) is 25.1. The van der Waals surface area contributed by atoms with Crippen LogP contribution in [0.2, 0.25) is 0 Å². The molecule has 236 valence electrons. The lowest BCUT2D eigenvalue weighted by atomic mass is 9.80. The van der Waals surface area contributed by atoms with Crippen LogP contribution >= 0.6 is 0 Å². The fourth-order valence-corrected chi connectivity index (χ4v) is 6.34. The van der Waals surface area contributed by atoms with E-state index in [1.54, 1.807) is 0 Å². The molecule has 0 aromatic heterocycles. The molecule has 1 aliphatic heterocycles. The second-order valence-electron chi connectivity index (χ2n) is 10.9. The van der Waals surface area contributed by atoms with Crippen molar-refractivity contribution in [3.05, 3.63) is 144 Å².